The van der Waals surface area contributed by atoms with Crippen LogP contribution in [-0.2, 0) is 6.54 Å². The minimum Gasteiger partial charge on any atom is -0.496 e. The predicted octanol–water partition coefficient (Wildman–Crippen LogP) is 2.09. The average molecular weight is 236 g/mol. The number of benzene rings is 1. The molecule has 1 atom stereocenters. The number of methoxy groups -OCH3 is 1. The normalized spacial score (nSPS) is 12.9. The fourth-order valence-corrected chi connectivity index (χ4v) is 1.77. The summed E-state index contributed by atoms with van der Waals surface area (Å²) in [5, 5.41) is 0. The zero-order valence-corrected chi connectivity index (χ0v) is 11.6. The van der Waals surface area contributed by atoms with Crippen molar-refractivity contribution in [1.82, 2.24) is 4.90 Å². The lowest BCUT2D eigenvalue weighted by atomic mass is 10.0. The SMILES string of the molecule is COc1cc(C)c(C)cc1CN(C)C(C)CN. The summed E-state index contributed by atoms with van der Waals surface area (Å²) in [6, 6.07) is 4.68. The van der Waals surface area contributed by atoms with E-state index >= 15 is 0 Å². The van der Waals surface area contributed by atoms with E-state index in [9.17, 15) is 0 Å². The summed E-state index contributed by atoms with van der Waals surface area (Å²) in [4.78, 5) is 2.24. The van der Waals surface area contributed by atoms with Crippen molar-refractivity contribution in [3.05, 3.63) is 28.8 Å². The van der Waals surface area contributed by atoms with E-state index in [1.54, 1.807) is 7.11 Å². The summed E-state index contributed by atoms with van der Waals surface area (Å²) < 4.78 is 5.44. The second-order valence-corrected chi connectivity index (χ2v) is 4.75. The minimum atomic E-state index is 0.376. The highest BCUT2D eigenvalue weighted by molar-refractivity contribution is 5.41. The lowest BCUT2D eigenvalue weighted by Crippen LogP contribution is -2.34. The first-order valence-corrected chi connectivity index (χ1v) is 6.04. The molecule has 3 nitrogen and oxygen atoms in total. The summed E-state index contributed by atoms with van der Waals surface area (Å²) in [6.07, 6.45) is 0. The maximum Gasteiger partial charge on any atom is 0.123 e. The molecule has 1 unspecified atom stereocenters. The van der Waals surface area contributed by atoms with Crippen molar-refractivity contribution in [1.29, 1.82) is 0 Å². The molecule has 2 N–H and O–H groups in total. The van der Waals surface area contributed by atoms with E-state index in [2.05, 4.69) is 44.9 Å². The van der Waals surface area contributed by atoms with Crippen molar-refractivity contribution in [3.8, 4) is 5.75 Å². The zero-order chi connectivity index (χ0) is 13.0. The molecule has 0 saturated carbocycles. The molecule has 0 radical (unpaired) electrons. The van der Waals surface area contributed by atoms with E-state index in [1.165, 1.54) is 16.7 Å². The van der Waals surface area contributed by atoms with Crippen LogP contribution < -0.4 is 10.5 Å². The van der Waals surface area contributed by atoms with Crippen molar-refractivity contribution >= 4 is 0 Å². The van der Waals surface area contributed by atoms with Gasteiger partial charge in [-0.15, -0.1) is 0 Å². The van der Waals surface area contributed by atoms with Gasteiger partial charge in [0.15, 0.2) is 0 Å². The molecule has 0 heterocycles. The van der Waals surface area contributed by atoms with E-state index in [0.29, 0.717) is 12.6 Å². The van der Waals surface area contributed by atoms with Crippen LogP contribution >= 0.6 is 0 Å². The van der Waals surface area contributed by atoms with Gasteiger partial charge in [0.05, 0.1) is 7.11 Å². The van der Waals surface area contributed by atoms with Gasteiger partial charge in [0.1, 0.15) is 5.75 Å². The van der Waals surface area contributed by atoms with E-state index in [4.69, 9.17) is 10.5 Å². The smallest absolute Gasteiger partial charge is 0.123 e. The van der Waals surface area contributed by atoms with Crippen molar-refractivity contribution in [2.75, 3.05) is 20.7 Å². The molecule has 0 aliphatic carbocycles. The molecule has 96 valence electrons. The Bertz CT molecular complexity index is 377. The van der Waals surface area contributed by atoms with Crippen LogP contribution in [0.4, 0.5) is 0 Å². The molecule has 0 bridgehead atoms. The molecule has 1 aromatic rings. The second kappa shape index (κ2) is 6.03. The number of hydrogen-bond donors (Lipinski definition) is 1. The number of likely N-dealkylation sites (N-methyl/N-ethyl adjacent to an activating group) is 1. The Labute approximate surface area is 105 Å². The van der Waals surface area contributed by atoms with E-state index < -0.39 is 0 Å². The van der Waals surface area contributed by atoms with Crippen LogP contribution in [0.5, 0.6) is 5.75 Å². The van der Waals surface area contributed by atoms with Gasteiger partial charge in [-0.1, -0.05) is 6.07 Å². The summed E-state index contributed by atoms with van der Waals surface area (Å²) in [5.74, 6) is 0.962. The van der Waals surface area contributed by atoms with E-state index in [1.807, 2.05) is 0 Å². The summed E-state index contributed by atoms with van der Waals surface area (Å²) in [5.41, 5.74) is 9.46. The van der Waals surface area contributed by atoms with Crippen LogP contribution in [0, 0.1) is 13.8 Å². The lowest BCUT2D eigenvalue weighted by molar-refractivity contribution is 0.250. The van der Waals surface area contributed by atoms with Crippen molar-refractivity contribution in [2.45, 2.75) is 33.4 Å². The summed E-state index contributed by atoms with van der Waals surface area (Å²) in [6.45, 7) is 7.90. The Morgan fingerprint density at radius 2 is 1.88 bits per heavy atom. The predicted molar refractivity (Wildman–Crippen MR) is 72.5 cm³/mol. The molecule has 0 spiro atoms. The Morgan fingerprint density at radius 3 is 2.41 bits per heavy atom. The van der Waals surface area contributed by atoms with Crippen molar-refractivity contribution in [2.24, 2.45) is 5.73 Å². The number of nitrogens with zero attached hydrogens (tertiary/aromatic N) is 1. The maximum atomic E-state index is 5.68. The molecule has 0 aliphatic rings. The maximum absolute atomic E-state index is 5.68. The highest BCUT2D eigenvalue weighted by Gasteiger charge is 2.12. The Morgan fingerprint density at radius 1 is 1.29 bits per heavy atom. The fraction of sp³-hybridized carbons (Fsp3) is 0.571. The van der Waals surface area contributed by atoms with Crippen LogP contribution in [-0.4, -0.2) is 31.6 Å². The lowest BCUT2D eigenvalue weighted by Gasteiger charge is -2.24. The molecular weight excluding hydrogens is 212 g/mol. The Kier molecular flexibility index (Phi) is 4.97. The third kappa shape index (κ3) is 3.45. The molecule has 0 fully saturated rings. The van der Waals surface area contributed by atoms with Gasteiger partial charge in [-0.2, -0.15) is 0 Å². The van der Waals surface area contributed by atoms with Gasteiger partial charge in [-0.3, -0.25) is 4.90 Å². The van der Waals surface area contributed by atoms with E-state index in [-0.39, 0.29) is 0 Å². The molecule has 0 aromatic heterocycles. The van der Waals surface area contributed by atoms with Gasteiger partial charge >= 0.3 is 0 Å². The molecule has 0 aliphatic heterocycles. The first-order chi connectivity index (χ1) is 7.99. The monoisotopic (exact) mass is 236 g/mol. The molecule has 17 heavy (non-hydrogen) atoms. The number of rotatable bonds is 5. The van der Waals surface area contributed by atoms with Crippen LogP contribution in [0.15, 0.2) is 12.1 Å². The van der Waals surface area contributed by atoms with Gasteiger partial charge < -0.3 is 10.5 Å². The Balaban J connectivity index is 2.93. The highest BCUT2D eigenvalue weighted by atomic mass is 16.5. The minimum absolute atomic E-state index is 0.376. The van der Waals surface area contributed by atoms with Crippen LogP contribution in [0.3, 0.4) is 0 Å². The largest absolute Gasteiger partial charge is 0.496 e. The van der Waals surface area contributed by atoms with Crippen molar-refractivity contribution < 1.29 is 4.74 Å². The first-order valence-electron chi connectivity index (χ1n) is 6.04. The highest BCUT2D eigenvalue weighted by Crippen LogP contribution is 2.24. The molecular formula is C14H24N2O. The number of aryl methyl sites for hydroxylation is 2. The van der Waals surface area contributed by atoms with Crippen LogP contribution in [0.25, 0.3) is 0 Å². The third-order valence-corrected chi connectivity index (χ3v) is 3.41. The topological polar surface area (TPSA) is 38.5 Å². The van der Waals surface area contributed by atoms with E-state index in [0.717, 1.165) is 12.3 Å². The van der Waals surface area contributed by atoms with Crippen LogP contribution in [0.2, 0.25) is 0 Å². The zero-order valence-electron chi connectivity index (χ0n) is 11.6. The molecule has 0 amide bonds. The third-order valence-electron chi connectivity index (χ3n) is 3.41. The van der Waals surface area contributed by atoms with Gasteiger partial charge in [0.25, 0.3) is 0 Å². The molecule has 1 rings (SSSR count). The van der Waals surface area contributed by atoms with Gasteiger partial charge in [0, 0.05) is 24.7 Å². The fourth-order valence-electron chi connectivity index (χ4n) is 1.77. The average Bonchev–Trinajstić information content (AvgIpc) is 2.32. The number of nitrogens with two attached hydrogens (primary N) is 1. The standard InChI is InChI=1S/C14H24N2O/c1-10-6-13(9-16(4)12(3)8-15)14(17-5)7-11(10)2/h6-7,12H,8-9,15H2,1-5H3. The Hall–Kier alpha value is -1.06. The van der Waals surface area contributed by atoms with Crippen molar-refractivity contribution in [3.63, 3.8) is 0 Å². The quantitative estimate of drug-likeness (QED) is 0.851. The van der Waals surface area contributed by atoms with Crippen LogP contribution in [0.1, 0.15) is 23.6 Å². The molecule has 1 aromatic carbocycles. The van der Waals surface area contributed by atoms with Gasteiger partial charge in [-0.05, 0) is 45.0 Å². The summed E-state index contributed by atoms with van der Waals surface area (Å²) >= 11 is 0. The second-order valence-electron chi connectivity index (χ2n) is 4.75. The van der Waals surface area contributed by atoms with Gasteiger partial charge in [-0.25, -0.2) is 0 Å². The molecule has 0 saturated heterocycles. The molecule has 3 heteroatoms. The summed E-state index contributed by atoms with van der Waals surface area (Å²) in [7, 11) is 3.81. The van der Waals surface area contributed by atoms with Gasteiger partial charge in [0.2, 0.25) is 0 Å². The number of hydrogen-bond acceptors (Lipinski definition) is 3. The number of ether oxygens (including phenoxy) is 1. The first kappa shape index (κ1) is 14.0.